The number of anilines is 2. The molecule has 0 aliphatic rings. The Balaban J connectivity index is 1.88. The summed E-state index contributed by atoms with van der Waals surface area (Å²) in [6.45, 7) is 2.93. The van der Waals surface area contributed by atoms with Gasteiger partial charge in [0.25, 0.3) is 5.91 Å². The molecule has 8 nitrogen and oxygen atoms in total. The monoisotopic (exact) mass is 503 g/mol. The zero-order chi connectivity index (χ0) is 26.1. The fourth-order valence-corrected chi connectivity index (χ4v) is 3.44. The third kappa shape index (κ3) is 6.84. The van der Waals surface area contributed by atoms with Crippen LogP contribution in [-0.4, -0.2) is 48.8 Å². The second kappa shape index (κ2) is 12.4. The van der Waals surface area contributed by atoms with Crippen LogP contribution in [0.25, 0.3) is 0 Å². The number of nitrogens with one attached hydrogen (secondary N) is 1. The predicted molar refractivity (Wildman–Crippen MR) is 143 cm³/mol. The number of hydrazone groups is 1. The molecule has 36 heavy (non-hydrogen) atoms. The average Bonchev–Trinajstić information content (AvgIpc) is 2.88. The van der Waals surface area contributed by atoms with Gasteiger partial charge < -0.3 is 15.1 Å². The minimum absolute atomic E-state index is 0.0955. The first-order chi connectivity index (χ1) is 17.3. The van der Waals surface area contributed by atoms with E-state index in [2.05, 4.69) is 28.2 Å². The van der Waals surface area contributed by atoms with Crippen molar-refractivity contribution in [1.29, 1.82) is 0 Å². The van der Waals surface area contributed by atoms with Crippen molar-refractivity contribution >= 4 is 41.3 Å². The van der Waals surface area contributed by atoms with Gasteiger partial charge in [-0.3, -0.25) is 4.79 Å². The van der Waals surface area contributed by atoms with Gasteiger partial charge >= 0.3 is 6.03 Å². The summed E-state index contributed by atoms with van der Waals surface area (Å²) >= 11 is 6.15. The van der Waals surface area contributed by atoms with Gasteiger partial charge in [0.2, 0.25) is 0 Å². The van der Waals surface area contributed by atoms with Gasteiger partial charge in [0, 0.05) is 41.6 Å². The Morgan fingerprint density at radius 1 is 1.19 bits per heavy atom. The molecule has 0 saturated carbocycles. The number of hydrogen-bond donors (Lipinski definition) is 1. The minimum Gasteiger partial charge on any atom is -0.497 e. The number of pyridine rings is 1. The lowest BCUT2D eigenvalue weighted by Gasteiger charge is -2.21. The number of hydrogen-bond acceptors (Lipinski definition) is 6. The Morgan fingerprint density at radius 2 is 1.94 bits per heavy atom. The van der Waals surface area contributed by atoms with E-state index in [9.17, 15) is 9.59 Å². The van der Waals surface area contributed by atoms with Crippen LogP contribution in [0.4, 0.5) is 16.3 Å². The van der Waals surface area contributed by atoms with E-state index >= 15 is 0 Å². The summed E-state index contributed by atoms with van der Waals surface area (Å²) in [5, 5.41) is 9.24. The molecule has 3 amide bonds. The van der Waals surface area contributed by atoms with E-state index in [0.29, 0.717) is 17.0 Å². The number of rotatable bonds is 8. The molecule has 0 aliphatic carbocycles. The molecule has 0 radical (unpaired) electrons. The molecule has 0 saturated heterocycles. The second-order valence-corrected chi connectivity index (χ2v) is 8.18. The third-order valence-electron chi connectivity index (χ3n) is 5.02. The van der Waals surface area contributed by atoms with E-state index in [1.807, 2.05) is 24.2 Å². The quantitative estimate of drug-likeness (QED) is 0.257. The Bertz CT molecular complexity index is 1280. The maximum Gasteiger partial charge on any atom is 0.334 e. The smallest absolute Gasteiger partial charge is 0.334 e. The Kier molecular flexibility index (Phi) is 9.03. The Hall–Kier alpha value is -4.35. The summed E-state index contributed by atoms with van der Waals surface area (Å²) in [4.78, 5) is 31.9. The van der Waals surface area contributed by atoms with Crippen LogP contribution in [0.15, 0.2) is 65.9 Å². The van der Waals surface area contributed by atoms with Crippen LogP contribution < -0.4 is 15.0 Å². The highest BCUT2D eigenvalue weighted by molar-refractivity contribution is 6.31. The average molecular weight is 504 g/mol. The molecule has 3 aromatic rings. The van der Waals surface area contributed by atoms with Crippen molar-refractivity contribution in [3.63, 3.8) is 0 Å². The SMILES string of the molecule is C#Cc1ccc(N(C(=O)Nc2ccc(C=NN(C)CCC)cc2)C(=O)c2cc(Cl)cc(OC)c2)nc1. The van der Waals surface area contributed by atoms with Gasteiger partial charge in [-0.1, -0.05) is 36.6 Å². The third-order valence-corrected chi connectivity index (χ3v) is 5.24. The second-order valence-electron chi connectivity index (χ2n) is 7.75. The number of ether oxygens (including phenoxy) is 1. The number of amides is 3. The van der Waals surface area contributed by atoms with Gasteiger partial charge in [-0.15, -0.1) is 6.42 Å². The predicted octanol–water partition coefficient (Wildman–Crippen LogP) is 5.28. The first kappa shape index (κ1) is 26.3. The molecule has 0 fully saturated rings. The fraction of sp³-hybridized carbons (Fsp3) is 0.185. The van der Waals surface area contributed by atoms with Crippen LogP contribution in [-0.2, 0) is 0 Å². The molecule has 0 bridgehead atoms. The molecule has 0 atom stereocenters. The highest BCUT2D eigenvalue weighted by atomic mass is 35.5. The van der Waals surface area contributed by atoms with Crippen molar-refractivity contribution in [1.82, 2.24) is 9.99 Å². The fourth-order valence-electron chi connectivity index (χ4n) is 3.22. The molecule has 0 aliphatic heterocycles. The highest BCUT2D eigenvalue weighted by Gasteiger charge is 2.27. The first-order valence-corrected chi connectivity index (χ1v) is 11.5. The number of urea groups is 1. The number of terminal acetylenes is 1. The molecule has 184 valence electrons. The first-order valence-electron chi connectivity index (χ1n) is 11.1. The molecule has 0 unspecified atom stereocenters. The minimum atomic E-state index is -0.705. The largest absolute Gasteiger partial charge is 0.497 e. The number of carbonyl (C=O) groups excluding carboxylic acids is 2. The van der Waals surface area contributed by atoms with Gasteiger partial charge in [-0.25, -0.2) is 14.7 Å². The number of carbonyl (C=O) groups is 2. The van der Waals surface area contributed by atoms with Gasteiger partial charge in [0.05, 0.1) is 13.3 Å². The number of aromatic nitrogens is 1. The summed E-state index contributed by atoms with van der Waals surface area (Å²) in [6.07, 6.45) is 9.55. The van der Waals surface area contributed by atoms with Crippen molar-refractivity contribution in [3.8, 4) is 18.1 Å². The van der Waals surface area contributed by atoms with Crippen LogP contribution in [0.2, 0.25) is 5.02 Å². The van der Waals surface area contributed by atoms with E-state index in [0.717, 1.165) is 23.4 Å². The maximum absolute atomic E-state index is 13.5. The van der Waals surface area contributed by atoms with Crippen molar-refractivity contribution in [3.05, 3.63) is 82.5 Å². The molecule has 1 N–H and O–H groups in total. The standard InChI is InChI=1S/C27H26ClN5O3/c1-5-13-32(3)30-18-20-7-10-23(11-8-20)31-27(35)33(25-12-9-19(6-2)17-29-25)26(34)21-14-22(28)16-24(15-21)36-4/h2,7-12,14-18H,5,13H2,1,3-4H3,(H,31,35). The van der Waals surface area contributed by atoms with Crippen LogP contribution in [0.1, 0.15) is 34.8 Å². The van der Waals surface area contributed by atoms with Crippen LogP contribution in [0, 0.1) is 12.3 Å². The molecule has 9 heteroatoms. The van der Waals surface area contributed by atoms with Gasteiger partial charge in [-0.2, -0.15) is 5.10 Å². The zero-order valence-electron chi connectivity index (χ0n) is 20.2. The summed E-state index contributed by atoms with van der Waals surface area (Å²) in [7, 11) is 3.36. The molecule has 3 rings (SSSR count). The number of imide groups is 1. The number of nitrogens with zero attached hydrogens (tertiary/aromatic N) is 4. The number of benzene rings is 2. The summed E-state index contributed by atoms with van der Waals surface area (Å²) < 4.78 is 5.21. The zero-order valence-corrected chi connectivity index (χ0v) is 21.0. The lowest BCUT2D eigenvalue weighted by atomic mass is 10.2. The maximum atomic E-state index is 13.5. The molecular weight excluding hydrogens is 478 g/mol. The van der Waals surface area contributed by atoms with Crippen LogP contribution in [0.3, 0.4) is 0 Å². The van der Waals surface area contributed by atoms with E-state index < -0.39 is 11.9 Å². The molecule has 2 aromatic carbocycles. The summed E-state index contributed by atoms with van der Waals surface area (Å²) in [6, 6.07) is 14.0. The lowest BCUT2D eigenvalue weighted by Crippen LogP contribution is -2.40. The topological polar surface area (TPSA) is 87.1 Å². The van der Waals surface area contributed by atoms with Crippen molar-refractivity contribution < 1.29 is 14.3 Å². The van der Waals surface area contributed by atoms with Crippen molar-refractivity contribution in [2.45, 2.75) is 13.3 Å². The number of methoxy groups -OCH3 is 1. The van der Waals surface area contributed by atoms with Gasteiger partial charge in [-0.05, 0) is 54.4 Å². The Labute approximate surface area is 215 Å². The van der Waals surface area contributed by atoms with E-state index in [1.165, 1.54) is 31.5 Å². The van der Waals surface area contributed by atoms with Gasteiger partial charge in [0.15, 0.2) is 0 Å². The van der Waals surface area contributed by atoms with Crippen molar-refractivity contribution in [2.75, 3.05) is 30.9 Å². The highest BCUT2D eigenvalue weighted by Crippen LogP contribution is 2.24. The number of halogens is 1. The van der Waals surface area contributed by atoms with E-state index in [1.54, 1.807) is 30.5 Å². The van der Waals surface area contributed by atoms with Gasteiger partial charge in [0.1, 0.15) is 11.6 Å². The normalized spacial score (nSPS) is 10.5. The molecule has 1 heterocycles. The van der Waals surface area contributed by atoms with Crippen LogP contribution >= 0.6 is 11.6 Å². The van der Waals surface area contributed by atoms with Crippen LogP contribution in [0.5, 0.6) is 5.75 Å². The van der Waals surface area contributed by atoms with E-state index in [-0.39, 0.29) is 16.4 Å². The van der Waals surface area contributed by atoms with E-state index in [4.69, 9.17) is 22.8 Å². The molecular formula is C27H26ClN5O3. The summed E-state index contributed by atoms with van der Waals surface area (Å²) in [5.74, 6) is 2.29. The molecule has 0 spiro atoms. The Morgan fingerprint density at radius 3 is 2.56 bits per heavy atom. The summed E-state index contributed by atoms with van der Waals surface area (Å²) in [5.41, 5.74) is 2.01. The van der Waals surface area contributed by atoms with Crippen molar-refractivity contribution in [2.24, 2.45) is 5.10 Å². The lowest BCUT2D eigenvalue weighted by molar-refractivity contribution is 0.0994. The molecule has 1 aromatic heterocycles.